The summed E-state index contributed by atoms with van der Waals surface area (Å²) in [6.07, 6.45) is 21.6. The van der Waals surface area contributed by atoms with E-state index in [4.69, 9.17) is 0 Å². The predicted molar refractivity (Wildman–Crippen MR) is 345 cm³/mol. The van der Waals surface area contributed by atoms with Crippen LogP contribution >= 0.6 is 0 Å². The van der Waals surface area contributed by atoms with Crippen LogP contribution in [-0.4, -0.2) is 115 Å². The maximum Gasteiger partial charge on any atom is 2.00 e. The standard InChI is InChI=1S/4C20H21NO4.2Rh/c4*22-18-14-3-1-2-4-15(14)19(23)21(18)17(20(24)25)16-12-6-10-5-11(8-12)9-13(16)7-10;;/h4*1-4,10-13,16-17H,5-9H2,(H,24,25);;/q;;;;2*+2/p-4/t4*10?,11?,12?,13?,16?,17-;;/m0000../s1. The van der Waals surface area contributed by atoms with Crippen molar-refractivity contribution in [1.82, 2.24) is 19.6 Å². The van der Waals surface area contributed by atoms with E-state index in [0.717, 1.165) is 122 Å². The van der Waals surface area contributed by atoms with Crippen LogP contribution in [0.25, 0.3) is 0 Å². The van der Waals surface area contributed by atoms with Crippen LogP contribution in [-0.2, 0) is 58.1 Å². The molecule has 20 nitrogen and oxygen atoms in total. The maximum atomic E-state index is 12.8. The summed E-state index contributed by atoms with van der Waals surface area (Å²) in [5.74, 6) is -1.67. The van der Waals surface area contributed by atoms with Gasteiger partial charge in [-0.05, 0) is 295 Å². The molecule has 4 aromatic carbocycles. The van der Waals surface area contributed by atoms with Gasteiger partial charge in [-0.15, -0.1) is 0 Å². The minimum absolute atomic E-state index is 0. The van der Waals surface area contributed by atoms with Gasteiger partial charge in [0.15, 0.2) is 0 Å². The van der Waals surface area contributed by atoms with Gasteiger partial charge >= 0.3 is 39.0 Å². The molecular formula is C80H80N4O16Rh2. The van der Waals surface area contributed by atoms with Gasteiger partial charge in [-0.1, -0.05) is 48.5 Å². The number of aliphatic carboxylic acids is 4. The van der Waals surface area contributed by atoms with Crippen LogP contribution in [0, 0.1) is 118 Å². The Morgan fingerprint density at radius 3 is 0.461 bits per heavy atom. The quantitative estimate of drug-likeness (QED) is 0.118. The van der Waals surface area contributed by atoms with Gasteiger partial charge < -0.3 is 39.6 Å². The van der Waals surface area contributed by atoms with Crippen molar-refractivity contribution in [2.24, 2.45) is 118 Å². The smallest absolute Gasteiger partial charge is 0.548 e. The molecule has 24 rings (SSSR count). The van der Waals surface area contributed by atoms with E-state index in [9.17, 15) is 78.0 Å². The Kier molecular flexibility index (Phi) is 18.5. The van der Waals surface area contributed by atoms with Gasteiger partial charge in [0.05, 0.1) is 92.6 Å². The topological polar surface area (TPSA) is 310 Å². The summed E-state index contributed by atoms with van der Waals surface area (Å²) in [4.78, 5) is 155. The van der Waals surface area contributed by atoms with Crippen LogP contribution in [0.1, 0.15) is 211 Å². The minimum atomic E-state index is -1.29. The molecule has 534 valence electrons. The number of hydrogen-bond donors (Lipinski definition) is 0. The van der Waals surface area contributed by atoms with Crippen LogP contribution in [0.3, 0.4) is 0 Å². The van der Waals surface area contributed by atoms with E-state index in [1.54, 1.807) is 97.1 Å². The minimum Gasteiger partial charge on any atom is -0.548 e. The van der Waals surface area contributed by atoms with Crippen molar-refractivity contribution in [1.29, 1.82) is 0 Å². The van der Waals surface area contributed by atoms with E-state index >= 15 is 0 Å². The van der Waals surface area contributed by atoms with Gasteiger partial charge in [-0.25, -0.2) is 0 Å². The number of fused-ring (bicyclic) bond motifs is 4. The molecular weight excluding hydrogens is 1480 g/mol. The average molecular weight is 1560 g/mol. The first-order valence-electron chi connectivity index (χ1n) is 36.9. The Labute approximate surface area is 616 Å². The van der Waals surface area contributed by atoms with E-state index < -0.39 is 95.3 Å². The predicted octanol–water partition coefficient (Wildman–Crippen LogP) is 5.89. The normalized spacial score (nSPS) is 35.9. The second-order valence-electron chi connectivity index (χ2n) is 33.2. The molecule has 0 aromatic heterocycles. The fourth-order valence-corrected chi connectivity index (χ4v) is 25.5. The fraction of sp³-hybridized carbons (Fsp3) is 0.550. The van der Waals surface area contributed by atoms with E-state index in [-0.39, 0.29) is 62.6 Å². The Morgan fingerprint density at radius 1 is 0.235 bits per heavy atom. The Balaban J connectivity index is 0.000000109. The van der Waals surface area contributed by atoms with E-state index in [1.807, 2.05) is 0 Å². The summed E-state index contributed by atoms with van der Waals surface area (Å²) in [5.41, 5.74) is 2.46. The van der Waals surface area contributed by atoms with Gasteiger partial charge in [0, 0.05) is 0 Å². The molecule has 2 radical (unpaired) electrons. The van der Waals surface area contributed by atoms with Crippen LogP contribution < -0.4 is 20.4 Å². The van der Waals surface area contributed by atoms with Crippen LogP contribution in [0.5, 0.6) is 0 Å². The average Bonchev–Trinajstić information content (AvgIpc) is 1.56. The number of amides is 8. The van der Waals surface area contributed by atoms with Crippen molar-refractivity contribution in [3.63, 3.8) is 0 Å². The molecule has 4 aromatic rings. The molecule has 16 aliphatic carbocycles. The first-order valence-corrected chi connectivity index (χ1v) is 36.9. The monoisotopic (exact) mass is 1560 g/mol. The van der Waals surface area contributed by atoms with Crippen LogP contribution in [0.4, 0.5) is 0 Å². The second-order valence-corrected chi connectivity index (χ2v) is 33.2. The number of carboxylic acids is 4. The molecule has 0 unspecified atom stereocenters. The largest absolute Gasteiger partial charge is 2.00 e. The Hall–Kier alpha value is -7.43. The third-order valence-electron chi connectivity index (χ3n) is 28.0. The van der Waals surface area contributed by atoms with Gasteiger partial charge in [-0.2, -0.15) is 0 Å². The molecule has 102 heavy (non-hydrogen) atoms. The van der Waals surface area contributed by atoms with Gasteiger partial charge in [0.1, 0.15) is 0 Å². The van der Waals surface area contributed by atoms with Crippen LogP contribution in [0.2, 0.25) is 0 Å². The summed E-state index contributed by atoms with van der Waals surface area (Å²) in [5, 5.41) is 48.4. The summed E-state index contributed by atoms with van der Waals surface area (Å²) in [6.45, 7) is 0. The van der Waals surface area contributed by atoms with Crippen molar-refractivity contribution in [3.8, 4) is 0 Å². The summed E-state index contributed by atoms with van der Waals surface area (Å²) in [7, 11) is 0. The summed E-state index contributed by atoms with van der Waals surface area (Å²) in [6, 6.07) is 21.8. The molecule has 4 atom stereocenters. The SMILES string of the molecule is O=C([O-])[C@H](C1C2CC3CC(C2)CC1C3)N1C(=O)c2ccccc2C1=O.O=C([O-])[C@H](C1C2CC3CC(C2)CC1C3)N1C(=O)c2ccccc2C1=O.O=C([O-])[C@H](C1C2CC3CC(C2)CC1C3)N1C(=O)c2ccccc2C1=O.O=C([O-])[C@H](C1C2CC3CC(C2)CC1C3)N1C(=O)c2ccccc2C1=O.[Rh+2].[Rh+2]. The molecule has 0 N–H and O–H groups in total. The third-order valence-corrected chi connectivity index (χ3v) is 28.0. The number of carbonyl (C=O) groups excluding carboxylic acids is 12. The number of hydrogen-bond acceptors (Lipinski definition) is 16. The molecule has 4 aliphatic heterocycles. The molecule has 0 saturated heterocycles. The van der Waals surface area contributed by atoms with E-state index in [1.165, 1.54) is 25.7 Å². The number of carbonyl (C=O) groups is 12. The van der Waals surface area contributed by atoms with Crippen molar-refractivity contribution in [2.45, 2.75) is 153 Å². The number of carboxylic acid groups (broad SMARTS) is 4. The maximum absolute atomic E-state index is 12.8. The third kappa shape index (κ3) is 11.4. The first kappa shape index (κ1) is 70.2. The molecule has 20 aliphatic rings. The molecule has 4 heterocycles. The van der Waals surface area contributed by atoms with E-state index in [2.05, 4.69) is 0 Å². The number of rotatable bonds is 12. The van der Waals surface area contributed by atoms with Crippen molar-refractivity contribution in [2.75, 3.05) is 0 Å². The fourth-order valence-electron chi connectivity index (χ4n) is 25.5. The van der Waals surface area contributed by atoms with Gasteiger partial charge in [-0.3, -0.25) is 58.0 Å². The summed E-state index contributed by atoms with van der Waals surface area (Å²) >= 11 is 0. The Morgan fingerprint density at radius 2 is 0.353 bits per heavy atom. The first-order chi connectivity index (χ1) is 48.2. The Bertz CT molecular complexity index is 3430. The van der Waals surface area contributed by atoms with Crippen molar-refractivity contribution >= 4 is 71.1 Å². The number of imide groups is 4. The van der Waals surface area contributed by atoms with E-state index in [0.29, 0.717) is 139 Å². The van der Waals surface area contributed by atoms with Crippen molar-refractivity contribution < 1.29 is 117 Å². The molecule has 16 saturated carbocycles. The molecule has 22 heteroatoms. The zero-order chi connectivity index (χ0) is 69.2. The summed E-state index contributed by atoms with van der Waals surface area (Å²) < 4.78 is 0. The number of nitrogens with zero attached hydrogens (tertiary/aromatic N) is 4. The number of benzene rings is 4. The second kappa shape index (κ2) is 26.9. The molecule has 0 spiro atoms. The molecule has 8 amide bonds. The zero-order valence-corrected chi connectivity index (χ0v) is 59.5. The molecule has 16 bridgehead atoms. The van der Waals surface area contributed by atoms with Gasteiger partial charge in [0.25, 0.3) is 47.3 Å². The van der Waals surface area contributed by atoms with Gasteiger partial charge in [0.2, 0.25) is 0 Å². The zero-order valence-electron chi connectivity index (χ0n) is 56.2. The van der Waals surface area contributed by atoms with Crippen molar-refractivity contribution in [3.05, 3.63) is 142 Å². The van der Waals surface area contributed by atoms with Crippen LogP contribution in [0.15, 0.2) is 97.1 Å². The molecule has 16 fully saturated rings.